The zero-order valence-electron chi connectivity index (χ0n) is 11.0. The fourth-order valence-corrected chi connectivity index (χ4v) is 2.26. The number of hydrogen-bond donors (Lipinski definition) is 0. The summed E-state index contributed by atoms with van der Waals surface area (Å²) in [6.45, 7) is 4.65. The largest absolute Gasteiger partial charge is 0.345 e. The minimum atomic E-state index is 0.368. The van der Waals surface area contributed by atoms with Crippen molar-refractivity contribution in [1.82, 2.24) is 19.9 Å². The van der Waals surface area contributed by atoms with Gasteiger partial charge in [-0.25, -0.2) is 0 Å². The maximum Gasteiger partial charge on any atom is 0.240 e. The van der Waals surface area contributed by atoms with Gasteiger partial charge in [-0.15, -0.1) is 0 Å². The molecule has 0 aromatic carbocycles. The molecule has 1 aromatic heterocycles. The Morgan fingerprint density at radius 3 is 2.78 bits per heavy atom. The van der Waals surface area contributed by atoms with Gasteiger partial charge in [0.15, 0.2) is 5.82 Å². The predicted octanol–water partition coefficient (Wildman–Crippen LogP) is 0.685. The first kappa shape index (κ1) is 13.0. The normalized spacial score (nSPS) is 17.9. The smallest absolute Gasteiger partial charge is 0.240 e. The van der Waals surface area contributed by atoms with E-state index in [1.165, 1.54) is 0 Å². The molecule has 0 unspecified atom stereocenters. The SMILES string of the molecule is CCc1noc(CN2CCC(N(C)C=O)CC2)n1. The number of likely N-dealkylation sites (tertiary alicyclic amines) is 1. The summed E-state index contributed by atoms with van der Waals surface area (Å²) in [6.07, 6.45) is 3.72. The van der Waals surface area contributed by atoms with Crippen molar-refractivity contribution < 1.29 is 9.32 Å². The highest BCUT2D eigenvalue weighted by molar-refractivity contribution is 5.47. The Balaban J connectivity index is 1.81. The predicted molar refractivity (Wildman–Crippen MR) is 65.8 cm³/mol. The third-order valence-corrected chi connectivity index (χ3v) is 3.48. The lowest BCUT2D eigenvalue weighted by Crippen LogP contribution is -2.42. The van der Waals surface area contributed by atoms with Crippen LogP contribution in [0.3, 0.4) is 0 Å². The van der Waals surface area contributed by atoms with Crippen molar-refractivity contribution in [2.75, 3.05) is 20.1 Å². The third kappa shape index (κ3) is 3.07. The Labute approximate surface area is 107 Å². The van der Waals surface area contributed by atoms with Gasteiger partial charge >= 0.3 is 0 Å². The number of carbonyl (C=O) groups is 1. The van der Waals surface area contributed by atoms with Crippen molar-refractivity contribution >= 4 is 6.41 Å². The molecule has 100 valence electrons. The average Bonchev–Trinajstić information content (AvgIpc) is 2.86. The Kier molecular flexibility index (Phi) is 4.30. The molecule has 1 fully saturated rings. The summed E-state index contributed by atoms with van der Waals surface area (Å²) in [5, 5.41) is 3.89. The number of rotatable bonds is 5. The molecule has 0 saturated carbocycles. The molecular formula is C12H20N4O2. The lowest BCUT2D eigenvalue weighted by Gasteiger charge is -2.34. The van der Waals surface area contributed by atoms with Crippen molar-refractivity contribution in [3.63, 3.8) is 0 Å². The summed E-state index contributed by atoms with van der Waals surface area (Å²) in [6, 6.07) is 0.368. The van der Waals surface area contributed by atoms with Crippen LogP contribution in [0.1, 0.15) is 31.5 Å². The zero-order chi connectivity index (χ0) is 13.0. The molecule has 18 heavy (non-hydrogen) atoms. The number of aryl methyl sites for hydroxylation is 1. The molecule has 0 aliphatic carbocycles. The quantitative estimate of drug-likeness (QED) is 0.721. The van der Waals surface area contributed by atoms with E-state index in [1.54, 1.807) is 4.90 Å². The summed E-state index contributed by atoms with van der Waals surface area (Å²) in [5.74, 6) is 1.45. The summed E-state index contributed by atoms with van der Waals surface area (Å²) >= 11 is 0. The number of hydrogen-bond acceptors (Lipinski definition) is 5. The number of carbonyl (C=O) groups excluding carboxylic acids is 1. The standard InChI is InChI=1S/C12H20N4O2/c1-3-11-13-12(18-14-11)8-16-6-4-10(5-7-16)15(2)9-17/h9-10H,3-8H2,1-2H3. The van der Waals surface area contributed by atoms with Crippen LogP contribution in [0.2, 0.25) is 0 Å². The monoisotopic (exact) mass is 252 g/mol. The highest BCUT2D eigenvalue weighted by atomic mass is 16.5. The van der Waals surface area contributed by atoms with E-state index >= 15 is 0 Å². The summed E-state index contributed by atoms with van der Waals surface area (Å²) in [7, 11) is 1.85. The van der Waals surface area contributed by atoms with Crippen molar-refractivity contribution in [1.29, 1.82) is 0 Å². The molecule has 2 rings (SSSR count). The molecule has 1 aliphatic rings. The van der Waals surface area contributed by atoms with Gasteiger partial charge in [-0.05, 0) is 12.8 Å². The summed E-state index contributed by atoms with van der Waals surface area (Å²) in [5.41, 5.74) is 0. The molecule has 0 spiro atoms. The maximum absolute atomic E-state index is 10.7. The number of aromatic nitrogens is 2. The van der Waals surface area contributed by atoms with Crippen molar-refractivity contribution in [2.45, 2.75) is 38.8 Å². The van der Waals surface area contributed by atoms with Crippen LogP contribution in [0.4, 0.5) is 0 Å². The van der Waals surface area contributed by atoms with Gasteiger partial charge < -0.3 is 9.42 Å². The first-order valence-electron chi connectivity index (χ1n) is 6.44. The molecule has 1 amide bonds. The number of amides is 1. The van der Waals surface area contributed by atoms with E-state index < -0.39 is 0 Å². The van der Waals surface area contributed by atoms with E-state index in [-0.39, 0.29) is 0 Å². The zero-order valence-corrected chi connectivity index (χ0v) is 11.0. The first-order valence-corrected chi connectivity index (χ1v) is 6.44. The van der Waals surface area contributed by atoms with Crippen LogP contribution in [0, 0.1) is 0 Å². The Morgan fingerprint density at radius 1 is 1.50 bits per heavy atom. The highest BCUT2D eigenvalue weighted by Gasteiger charge is 2.22. The summed E-state index contributed by atoms with van der Waals surface area (Å²) in [4.78, 5) is 19.1. The highest BCUT2D eigenvalue weighted by Crippen LogP contribution is 2.16. The van der Waals surface area contributed by atoms with Gasteiger partial charge in [0.25, 0.3) is 0 Å². The molecule has 6 nitrogen and oxygen atoms in total. The lowest BCUT2D eigenvalue weighted by molar-refractivity contribution is -0.119. The van der Waals surface area contributed by atoms with E-state index in [1.807, 2.05) is 14.0 Å². The van der Waals surface area contributed by atoms with Crippen LogP contribution in [0.15, 0.2) is 4.52 Å². The minimum absolute atomic E-state index is 0.368. The molecule has 1 saturated heterocycles. The van der Waals surface area contributed by atoms with Crippen molar-refractivity contribution in [3.8, 4) is 0 Å². The molecule has 0 bridgehead atoms. The van der Waals surface area contributed by atoms with Gasteiger partial charge in [0.05, 0.1) is 6.54 Å². The van der Waals surface area contributed by atoms with Crippen LogP contribution >= 0.6 is 0 Å². The van der Waals surface area contributed by atoms with Crippen LogP contribution in [0.5, 0.6) is 0 Å². The molecule has 6 heteroatoms. The van der Waals surface area contributed by atoms with Gasteiger partial charge in [-0.2, -0.15) is 4.98 Å². The first-order chi connectivity index (χ1) is 8.72. The van der Waals surface area contributed by atoms with Crippen molar-refractivity contribution in [3.05, 3.63) is 11.7 Å². The van der Waals surface area contributed by atoms with Gasteiger partial charge in [0, 0.05) is 32.6 Å². The summed E-state index contributed by atoms with van der Waals surface area (Å²) < 4.78 is 5.18. The second-order valence-corrected chi connectivity index (χ2v) is 4.74. The second kappa shape index (κ2) is 5.95. The minimum Gasteiger partial charge on any atom is -0.345 e. The molecule has 1 aromatic rings. The molecule has 0 radical (unpaired) electrons. The molecule has 1 aliphatic heterocycles. The fourth-order valence-electron chi connectivity index (χ4n) is 2.26. The Bertz CT molecular complexity index is 385. The van der Waals surface area contributed by atoms with Gasteiger partial charge in [0.2, 0.25) is 12.3 Å². The van der Waals surface area contributed by atoms with E-state index in [4.69, 9.17) is 4.52 Å². The Hall–Kier alpha value is -1.43. The average molecular weight is 252 g/mol. The molecule has 2 heterocycles. The second-order valence-electron chi connectivity index (χ2n) is 4.74. The van der Waals surface area contributed by atoms with Crippen LogP contribution in [-0.2, 0) is 17.8 Å². The van der Waals surface area contributed by atoms with E-state index in [9.17, 15) is 4.79 Å². The number of nitrogens with zero attached hydrogens (tertiary/aromatic N) is 4. The number of piperidine rings is 1. The van der Waals surface area contributed by atoms with Crippen molar-refractivity contribution in [2.24, 2.45) is 0 Å². The maximum atomic E-state index is 10.7. The molecule has 0 N–H and O–H groups in total. The van der Waals surface area contributed by atoms with E-state index in [0.717, 1.165) is 44.6 Å². The third-order valence-electron chi connectivity index (χ3n) is 3.48. The van der Waals surface area contributed by atoms with Gasteiger partial charge in [-0.3, -0.25) is 9.69 Å². The van der Waals surface area contributed by atoms with Crippen LogP contribution < -0.4 is 0 Å². The molecular weight excluding hydrogens is 232 g/mol. The van der Waals surface area contributed by atoms with E-state index in [0.29, 0.717) is 18.5 Å². The van der Waals surface area contributed by atoms with Crippen LogP contribution in [-0.4, -0.2) is 52.5 Å². The fraction of sp³-hybridized carbons (Fsp3) is 0.750. The lowest BCUT2D eigenvalue weighted by atomic mass is 10.0. The van der Waals surface area contributed by atoms with E-state index in [2.05, 4.69) is 15.0 Å². The van der Waals surface area contributed by atoms with Gasteiger partial charge in [-0.1, -0.05) is 12.1 Å². The Morgan fingerprint density at radius 2 is 2.22 bits per heavy atom. The van der Waals surface area contributed by atoms with Crippen LogP contribution in [0.25, 0.3) is 0 Å². The molecule has 0 atom stereocenters. The topological polar surface area (TPSA) is 62.5 Å². The van der Waals surface area contributed by atoms with Gasteiger partial charge in [0.1, 0.15) is 0 Å².